The number of nitriles is 1. The first kappa shape index (κ1) is 15.7. The first-order valence-corrected chi connectivity index (χ1v) is 8.05. The fourth-order valence-corrected chi connectivity index (χ4v) is 3.84. The lowest BCUT2D eigenvalue weighted by Crippen LogP contribution is -2.62. The molecule has 0 aliphatic heterocycles. The quantitative estimate of drug-likeness (QED) is 0.533. The van der Waals surface area contributed by atoms with Crippen LogP contribution in [0.3, 0.4) is 0 Å². The minimum Gasteiger partial charge on any atom is -0.275 e. The van der Waals surface area contributed by atoms with Crippen LogP contribution >= 0.6 is 11.3 Å². The summed E-state index contributed by atoms with van der Waals surface area (Å²) in [6, 6.07) is 7.50. The van der Waals surface area contributed by atoms with Gasteiger partial charge >= 0.3 is 0 Å². The van der Waals surface area contributed by atoms with Gasteiger partial charge in [-0.25, -0.2) is 0 Å². The molecule has 2 heterocycles. The number of alkyl halides is 2. The Bertz CT molecular complexity index is 875. The van der Waals surface area contributed by atoms with E-state index in [2.05, 4.69) is 0 Å². The molecule has 0 saturated carbocycles. The Morgan fingerprint density at radius 2 is 2.13 bits per heavy atom. The van der Waals surface area contributed by atoms with Crippen molar-refractivity contribution in [1.82, 2.24) is 4.57 Å². The molecule has 0 unspecified atom stereocenters. The van der Waals surface area contributed by atoms with Crippen LogP contribution in [0.4, 0.5) is 8.78 Å². The van der Waals surface area contributed by atoms with E-state index >= 15 is 0 Å². The van der Waals surface area contributed by atoms with Gasteiger partial charge in [-0.2, -0.15) is 5.97 Å². The van der Waals surface area contributed by atoms with Crippen LogP contribution < -0.4 is 10.3 Å². The van der Waals surface area contributed by atoms with Gasteiger partial charge in [0.1, 0.15) is 18.2 Å². The van der Waals surface area contributed by atoms with Crippen molar-refractivity contribution in [3.05, 3.63) is 47.6 Å². The summed E-state index contributed by atoms with van der Waals surface area (Å²) >= 11 is 1.45. The minimum atomic E-state index is -3.15. The van der Waals surface area contributed by atoms with Gasteiger partial charge in [0.15, 0.2) is 0 Å². The van der Waals surface area contributed by atoms with Crippen LogP contribution in [0.2, 0.25) is 0 Å². The molecule has 1 radical (unpaired) electrons. The highest BCUT2D eigenvalue weighted by atomic mass is 32.1. The molecule has 1 aromatic carbocycles. The zero-order valence-electron chi connectivity index (χ0n) is 12.8. The number of hydrogen-bond acceptors (Lipinski definition) is 2. The van der Waals surface area contributed by atoms with Crippen LogP contribution in [-0.2, 0) is 20.5 Å². The van der Waals surface area contributed by atoms with Gasteiger partial charge in [0.25, 0.3) is 0 Å². The molecule has 0 spiro atoms. The molecule has 0 N–H and O–H groups in total. The molecule has 0 aliphatic rings. The smallest absolute Gasteiger partial charge is 0.205 e. The number of aryl methyl sites for hydroxylation is 2. The molecule has 3 rings (SSSR count). The van der Waals surface area contributed by atoms with Crippen molar-refractivity contribution in [2.75, 3.05) is 0 Å². The second-order valence-electron chi connectivity index (χ2n) is 5.64. The Kier molecular flexibility index (Phi) is 3.94. The van der Waals surface area contributed by atoms with Crippen LogP contribution in [0.5, 0.6) is 0 Å². The number of fused-ring (bicyclic) bond motifs is 1. The Morgan fingerprint density at radius 1 is 1.39 bits per heavy atom. The van der Waals surface area contributed by atoms with E-state index < -0.39 is 19.0 Å². The molecular formula is C16H15BF2N3S. The van der Waals surface area contributed by atoms with E-state index in [0.29, 0.717) is 11.3 Å². The van der Waals surface area contributed by atoms with E-state index in [9.17, 15) is 14.0 Å². The average molecular weight is 330 g/mol. The number of thiophene rings is 1. The fourth-order valence-electron chi connectivity index (χ4n) is 2.88. The van der Waals surface area contributed by atoms with E-state index in [-0.39, 0.29) is 0 Å². The lowest BCUT2D eigenvalue weighted by Gasteiger charge is -2.28. The Morgan fingerprint density at radius 3 is 2.78 bits per heavy atom. The average Bonchev–Trinajstić information content (AvgIpc) is 3.06. The van der Waals surface area contributed by atoms with Crippen molar-refractivity contribution in [3.63, 3.8) is 0 Å². The van der Waals surface area contributed by atoms with Gasteiger partial charge in [-0.3, -0.25) is 23.2 Å². The van der Waals surface area contributed by atoms with Gasteiger partial charge in [0.2, 0.25) is 6.71 Å². The summed E-state index contributed by atoms with van der Waals surface area (Å²) in [6.07, 6.45) is 2.91. The Balaban J connectivity index is 1.99. The molecule has 0 bridgehead atoms. The first-order valence-electron chi connectivity index (χ1n) is 7.17. The second kappa shape index (κ2) is 5.78. The van der Waals surface area contributed by atoms with Crippen molar-refractivity contribution in [3.8, 4) is 5.97 Å². The standard InChI is InChI=1S/C16H15BF2N3S/c1-21-7-8-22(2)15(21)17(11-20)16(18,19)9-12-10-23-14-6-4-3-5-13(12)14/h3-8,10H,9H2,1-2H3. The van der Waals surface area contributed by atoms with Crippen molar-refractivity contribution < 1.29 is 13.3 Å². The number of imidazole rings is 1. The predicted molar refractivity (Wildman–Crippen MR) is 88.1 cm³/mol. The highest BCUT2D eigenvalue weighted by Gasteiger charge is 2.38. The van der Waals surface area contributed by atoms with Crippen LogP contribution in [0.15, 0.2) is 42.0 Å². The summed E-state index contributed by atoms with van der Waals surface area (Å²) < 4.78 is 33.9. The second-order valence-corrected chi connectivity index (χ2v) is 6.55. The molecule has 7 heteroatoms. The van der Waals surface area contributed by atoms with E-state index in [4.69, 9.17) is 0 Å². The van der Waals surface area contributed by atoms with E-state index in [1.807, 2.05) is 24.3 Å². The molecule has 2 aromatic heterocycles. The van der Waals surface area contributed by atoms with Crippen LogP contribution in [-0.4, -0.2) is 17.1 Å². The largest absolute Gasteiger partial charge is 0.275 e. The van der Waals surface area contributed by atoms with Gasteiger partial charge in [-0.15, -0.1) is 11.3 Å². The normalized spacial score (nSPS) is 12.0. The molecule has 117 valence electrons. The molecule has 0 atom stereocenters. The summed E-state index contributed by atoms with van der Waals surface area (Å²) in [5, 5.41) is 12.0. The number of nitrogens with zero attached hydrogens (tertiary/aromatic N) is 3. The van der Waals surface area contributed by atoms with Crippen molar-refractivity contribution in [2.45, 2.75) is 12.2 Å². The summed E-state index contributed by atoms with van der Waals surface area (Å²) in [7, 11) is 3.35. The minimum absolute atomic E-state index is 0.303. The third-order valence-electron chi connectivity index (χ3n) is 4.03. The predicted octanol–water partition coefficient (Wildman–Crippen LogP) is 2.25. The summed E-state index contributed by atoms with van der Waals surface area (Å²) in [4.78, 5) is 0. The van der Waals surface area contributed by atoms with Gasteiger partial charge in [0, 0.05) is 11.1 Å². The SMILES string of the molecule is Cn1cc[n+](C)c1[B-](C#N)C(F)(F)Cc1csc2ccccc12. The van der Waals surface area contributed by atoms with Crippen LogP contribution in [0, 0.1) is 11.2 Å². The summed E-state index contributed by atoms with van der Waals surface area (Å²) in [5.74, 6) is -1.35. The highest BCUT2D eigenvalue weighted by Crippen LogP contribution is 2.31. The lowest BCUT2D eigenvalue weighted by molar-refractivity contribution is -0.653. The fraction of sp³-hybridized carbons (Fsp3) is 0.250. The third-order valence-corrected chi connectivity index (χ3v) is 5.05. The van der Waals surface area contributed by atoms with E-state index in [1.54, 1.807) is 47.0 Å². The molecule has 3 aromatic rings. The highest BCUT2D eigenvalue weighted by molar-refractivity contribution is 7.17. The van der Waals surface area contributed by atoms with Crippen molar-refractivity contribution >= 4 is 33.9 Å². The summed E-state index contributed by atoms with van der Waals surface area (Å²) in [6.45, 7) is -1.49. The molecule has 0 aliphatic carbocycles. The third kappa shape index (κ3) is 2.75. The van der Waals surface area contributed by atoms with Gasteiger partial charge in [0.05, 0.1) is 19.8 Å². The lowest BCUT2D eigenvalue weighted by atomic mass is 9.44. The molecule has 23 heavy (non-hydrogen) atoms. The Hall–Kier alpha value is -2.20. The number of aromatic nitrogens is 2. The molecule has 3 nitrogen and oxygen atoms in total. The zero-order chi connectivity index (χ0) is 16.6. The number of halogens is 2. The maximum atomic E-state index is 14.9. The van der Waals surface area contributed by atoms with Crippen molar-refractivity contribution in [2.24, 2.45) is 14.1 Å². The molecule has 0 saturated heterocycles. The number of rotatable bonds is 4. The van der Waals surface area contributed by atoms with Crippen LogP contribution in [0.25, 0.3) is 10.1 Å². The molecular weight excluding hydrogens is 315 g/mol. The summed E-state index contributed by atoms with van der Waals surface area (Å²) in [5.41, 5.74) is 0.893. The van der Waals surface area contributed by atoms with Gasteiger partial charge in [-0.05, 0) is 22.4 Å². The van der Waals surface area contributed by atoms with Crippen LogP contribution in [0.1, 0.15) is 5.56 Å². The number of hydrogen-bond donors (Lipinski definition) is 0. The first-order chi connectivity index (χ1) is 10.9. The van der Waals surface area contributed by atoms with E-state index in [1.165, 1.54) is 11.3 Å². The van der Waals surface area contributed by atoms with Crippen molar-refractivity contribution in [1.29, 1.82) is 5.26 Å². The van der Waals surface area contributed by atoms with E-state index in [0.717, 1.165) is 10.1 Å². The molecule has 0 amide bonds. The van der Waals surface area contributed by atoms with Gasteiger partial charge in [-0.1, -0.05) is 18.2 Å². The van der Waals surface area contributed by atoms with Gasteiger partial charge < -0.3 is 0 Å². The monoisotopic (exact) mass is 330 g/mol. The molecule has 0 fully saturated rings. The maximum absolute atomic E-state index is 14.9. The topological polar surface area (TPSA) is 32.6 Å². The zero-order valence-corrected chi connectivity index (χ0v) is 13.6. The Labute approximate surface area is 137 Å². The number of benzene rings is 1. The maximum Gasteiger partial charge on any atom is 0.205 e.